The van der Waals surface area contributed by atoms with Gasteiger partial charge in [-0.25, -0.2) is 0 Å². The lowest BCUT2D eigenvalue weighted by atomic mass is 10.1. The summed E-state index contributed by atoms with van der Waals surface area (Å²) in [6.07, 6.45) is 6.92. The van der Waals surface area contributed by atoms with Gasteiger partial charge in [0.15, 0.2) is 11.8 Å². The predicted molar refractivity (Wildman–Crippen MR) is 128 cm³/mol. The second kappa shape index (κ2) is 13.5. The fourth-order valence-corrected chi connectivity index (χ4v) is 3.70. The summed E-state index contributed by atoms with van der Waals surface area (Å²) in [4.78, 5) is 11.5. The van der Waals surface area contributed by atoms with Crippen molar-refractivity contribution in [1.29, 1.82) is 0 Å². The molecule has 3 rings (SSSR count). The van der Waals surface area contributed by atoms with Gasteiger partial charge in [0.2, 0.25) is 5.89 Å². The zero-order valence-corrected chi connectivity index (χ0v) is 21.0. The van der Waals surface area contributed by atoms with Crippen LogP contribution in [0.15, 0.2) is 9.52 Å². The molecule has 2 aliphatic heterocycles. The summed E-state index contributed by atoms with van der Waals surface area (Å²) in [6.45, 7) is 11.3. The topological polar surface area (TPSA) is 85.0 Å². The van der Waals surface area contributed by atoms with Crippen molar-refractivity contribution in [1.82, 2.24) is 20.4 Å². The van der Waals surface area contributed by atoms with Crippen LogP contribution in [0.25, 0.3) is 0 Å². The van der Waals surface area contributed by atoms with Crippen LogP contribution in [-0.2, 0) is 15.9 Å². The number of piperidine rings is 1. The monoisotopic (exact) mass is 535 g/mol. The van der Waals surface area contributed by atoms with E-state index in [0.29, 0.717) is 31.1 Å². The highest BCUT2D eigenvalue weighted by Gasteiger charge is 2.23. The fraction of sp³-hybridized carbons (Fsp3) is 0.857. The van der Waals surface area contributed by atoms with E-state index in [0.717, 1.165) is 63.9 Å². The number of ether oxygens (including phenoxy) is 2. The number of nitrogens with zero attached hydrogens (tertiary/aromatic N) is 4. The van der Waals surface area contributed by atoms with E-state index >= 15 is 0 Å². The molecular weight excluding hydrogens is 497 g/mol. The van der Waals surface area contributed by atoms with Crippen LogP contribution in [0.5, 0.6) is 0 Å². The Bertz CT molecular complexity index is 626. The average Bonchev–Trinajstić information content (AvgIpc) is 3.22. The van der Waals surface area contributed by atoms with E-state index in [4.69, 9.17) is 19.0 Å². The van der Waals surface area contributed by atoms with Crippen LogP contribution >= 0.6 is 24.0 Å². The number of guanidine groups is 1. The normalized spacial score (nSPS) is 21.0. The minimum absolute atomic E-state index is 0. The van der Waals surface area contributed by atoms with Crippen molar-refractivity contribution < 1.29 is 14.0 Å². The maximum Gasteiger partial charge on any atom is 0.228 e. The fourth-order valence-electron chi connectivity index (χ4n) is 3.70. The first-order valence-electron chi connectivity index (χ1n) is 11.2. The summed E-state index contributed by atoms with van der Waals surface area (Å²) >= 11 is 0. The molecule has 3 heterocycles. The van der Waals surface area contributed by atoms with Crippen LogP contribution in [0.4, 0.5) is 0 Å². The minimum Gasteiger partial charge on any atom is -0.376 e. The first kappa shape index (κ1) is 25.3. The van der Waals surface area contributed by atoms with Gasteiger partial charge in [-0.3, -0.25) is 4.99 Å². The number of aromatic nitrogens is 2. The van der Waals surface area contributed by atoms with E-state index in [9.17, 15) is 0 Å². The molecule has 0 saturated carbocycles. The minimum atomic E-state index is 0. The summed E-state index contributed by atoms with van der Waals surface area (Å²) in [7, 11) is 0. The molecule has 9 heteroatoms. The highest BCUT2D eigenvalue weighted by molar-refractivity contribution is 14.0. The third-order valence-corrected chi connectivity index (χ3v) is 5.46. The van der Waals surface area contributed by atoms with E-state index in [2.05, 4.69) is 41.1 Å². The third-order valence-electron chi connectivity index (χ3n) is 5.46. The molecule has 1 atom stereocenters. The van der Waals surface area contributed by atoms with Crippen molar-refractivity contribution in [2.75, 3.05) is 39.4 Å². The Balaban J connectivity index is 0.00000320. The standard InChI is InChI=1S/C21H37N5O3.HI/c1-4-22-21(23-11-8-19-24-20(16(2)3)25-29-19)26-12-9-17(10-13-26)28-15-18-7-5-6-14-27-18;/h16-18H,4-15H2,1-3H3,(H,22,23);1H. The molecule has 2 saturated heterocycles. The van der Waals surface area contributed by atoms with E-state index in [1.54, 1.807) is 0 Å². The molecule has 2 aliphatic rings. The number of rotatable bonds is 8. The Morgan fingerprint density at radius 3 is 2.70 bits per heavy atom. The van der Waals surface area contributed by atoms with E-state index < -0.39 is 0 Å². The van der Waals surface area contributed by atoms with E-state index in [-0.39, 0.29) is 29.9 Å². The number of aliphatic imine (C=N–C) groups is 1. The molecule has 0 radical (unpaired) electrons. The summed E-state index contributed by atoms with van der Waals surface area (Å²) in [5.74, 6) is 2.66. The molecule has 8 nitrogen and oxygen atoms in total. The quantitative estimate of drug-likeness (QED) is 0.311. The second-order valence-electron chi connectivity index (χ2n) is 8.19. The first-order valence-corrected chi connectivity index (χ1v) is 11.2. The van der Waals surface area contributed by atoms with Gasteiger partial charge in [-0.05, 0) is 39.0 Å². The van der Waals surface area contributed by atoms with Gasteiger partial charge in [-0.15, -0.1) is 24.0 Å². The van der Waals surface area contributed by atoms with Gasteiger partial charge in [0.1, 0.15) is 0 Å². The van der Waals surface area contributed by atoms with Crippen molar-refractivity contribution >= 4 is 29.9 Å². The Morgan fingerprint density at radius 2 is 2.07 bits per heavy atom. The van der Waals surface area contributed by atoms with E-state index in [1.807, 2.05) is 0 Å². The molecular formula is C21H38IN5O3. The molecule has 0 aromatic carbocycles. The molecule has 30 heavy (non-hydrogen) atoms. The first-order chi connectivity index (χ1) is 14.2. The number of halogens is 1. The summed E-state index contributed by atoms with van der Waals surface area (Å²) in [5, 5.41) is 7.42. The summed E-state index contributed by atoms with van der Waals surface area (Å²) in [5.41, 5.74) is 0. The zero-order valence-electron chi connectivity index (χ0n) is 18.6. The number of hydrogen-bond donors (Lipinski definition) is 1. The Labute approximate surface area is 197 Å². The molecule has 2 fully saturated rings. The van der Waals surface area contributed by atoms with Gasteiger partial charge in [-0.2, -0.15) is 4.98 Å². The lowest BCUT2D eigenvalue weighted by Gasteiger charge is -2.35. The van der Waals surface area contributed by atoms with Crippen LogP contribution in [0.3, 0.4) is 0 Å². The van der Waals surface area contributed by atoms with Gasteiger partial charge in [0, 0.05) is 38.6 Å². The van der Waals surface area contributed by atoms with Crippen molar-refractivity contribution in [2.45, 2.75) is 77.4 Å². The van der Waals surface area contributed by atoms with Gasteiger partial charge in [-0.1, -0.05) is 19.0 Å². The molecule has 0 spiro atoms. The van der Waals surface area contributed by atoms with Crippen molar-refractivity contribution in [3.63, 3.8) is 0 Å². The highest BCUT2D eigenvalue weighted by atomic mass is 127. The number of hydrogen-bond acceptors (Lipinski definition) is 6. The number of nitrogens with one attached hydrogen (secondary N) is 1. The molecule has 172 valence electrons. The summed E-state index contributed by atoms with van der Waals surface area (Å²) < 4.78 is 17.2. The van der Waals surface area contributed by atoms with Gasteiger partial charge in [0.25, 0.3) is 0 Å². The Morgan fingerprint density at radius 1 is 1.27 bits per heavy atom. The molecule has 0 amide bonds. The molecule has 1 N–H and O–H groups in total. The molecule has 0 aliphatic carbocycles. The van der Waals surface area contributed by atoms with Crippen LogP contribution in [0.1, 0.15) is 70.5 Å². The highest BCUT2D eigenvalue weighted by Crippen LogP contribution is 2.18. The Hall–Kier alpha value is -0.940. The predicted octanol–water partition coefficient (Wildman–Crippen LogP) is 3.37. The van der Waals surface area contributed by atoms with Crippen LogP contribution < -0.4 is 5.32 Å². The van der Waals surface area contributed by atoms with Crippen LogP contribution in [-0.4, -0.2) is 72.6 Å². The van der Waals surface area contributed by atoms with Crippen molar-refractivity contribution in [3.05, 3.63) is 11.7 Å². The lowest BCUT2D eigenvalue weighted by molar-refractivity contribution is -0.0721. The molecule has 0 bridgehead atoms. The third kappa shape index (κ3) is 7.96. The maximum absolute atomic E-state index is 6.13. The second-order valence-corrected chi connectivity index (χ2v) is 8.19. The van der Waals surface area contributed by atoms with Gasteiger partial charge < -0.3 is 24.2 Å². The smallest absolute Gasteiger partial charge is 0.228 e. The SMILES string of the molecule is CCNC(=NCCc1nc(C(C)C)no1)N1CCC(OCC2CCCCO2)CC1.I. The number of likely N-dealkylation sites (tertiary alicyclic amines) is 1. The maximum atomic E-state index is 6.13. The largest absolute Gasteiger partial charge is 0.376 e. The van der Waals surface area contributed by atoms with Crippen LogP contribution in [0.2, 0.25) is 0 Å². The molecule has 1 unspecified atom stereocenters. The molecule has 1 aromatic heterocycles. The van der Waals surface area contributed by atoms with Gasteiger partial charge >= 0.3 is 0 Å². The van der Waals surface area contributed by atoms with Crippen molar-refractivity contribution in [2.24, 2.45) is 4.99 Å². The molecule has 1 aromatic rings. The zero-order chi connectivity index (χ0) is 20.5. The Kier molecular flexibility index (Phi) is 11.4. The van der Waals surface area contributed by atoms with E-state index in [1.165, 1.54) is 12.8 Å². The summed E-state index contributed by atoms with van der Waals surface area (Å²) in [6, 6.07) is 0. The van der Waals surface area contributed by atoms with Crippen molar-refractivity contribution in [3.8, 4) is 0 Å². The van der Waals surface area contributed by atoms with Gasteiger partial charge in [0.05, 0.1) is 25.4 Å². The van der Waals surface area contributed by atoms with Crippen LogP contribution in [0, 0.1) is 0 Å². The average molecular weight is 535 g/mol. The lowest BCUT2D eigenvalue weighted by Crippen LogP contribution is -2.47.